The smallest absolute Gasteiger partial charge is 0.330 e. The van der Waals surface area contributed by atoms with Crippen LogP contribution in [0.5, 0.6) is 17.2 Å². The highest BCUT2D eigenvalue weighted by Crippen LogP contribution is 2.17. The normalized spacial score (nSPS) is 11.5. The summed E-state index contributed by atoms with van der Waals surface area (Å²) in [5, 5.41) is 0. The lowest BCUT2D eigenvalue weighted by Gasteiger charge is -2.18. The van der Waals surface area contributed by atoms with Crippen molar-refractivity contribution >= 4 is 36.1 Å². The first-order valence-electron chi connectivity index (χ1n) is 25.4. The molecule has 3 rings (SSSR count). The second kappa shape index (κ2) is 39.4. The molecule has 69 heavy (non-hydrogen) atoms. The Hall–Kier alpha value is -5.43. The second-order valence-electron chi connectivity index (χ2n) is 16.5. The van der Waals surface area contributed by atoms with Crippen LogP contribution in [0.15, 0.2) is 91.0 Å². The van der Waals surface area contributed by atoms with Gasteiger partial charge in [0.05, 0.1) is 52.9 Å². The molecule has 0 heterocycles. The van der Waals surface area contributed by atoms with Gasteiger partial charge in [-0.15, -0.1) is 0 Å². The van der Waals surface area contributed by atoms with Gasteiger partial charge in [0, 0.05) is 38.0 Å². The molecule has 0 unspecified atom stereocenters. The SMILES string of the molecule is CCOC(=O)/C=C/c1ccc(OCCCCCCCOCC(COCCCCCCCOc2ccc(/C=C/C(=O)OCC)cc2)OCCCCCCCOc2ccc(/C=C/C(=O)OCC)cc2)cc1. The Morgan fingerprint density at radius 2 is 0.652 bits per heavy atom. The number of carbonyl (C=O) groups is 3. The van der Waals surface area contributed by atoms with E-state index in [4.69, 9.17) is 42.6 Å². The molecule has 0 aliphatic heterocycles. The lowest BCUT2D eigenvalue weighted by Crippen LogP contribution is -2.27. The number of unbranched alkanes of at least 4 members (excludes halogenated alkanes) is 12. The third-order valence-electron chi connectivity index (χ3n) is 10.7. The van der Waals surface area contributed by atoms with Gasteiger partial charge >= 0.3 is 17.9 Å². The number of hydrogen-bond donors (Lipinski definition) is 0. The molecule has 0 bridgehead atoms. The highest BCUT2D eigenvalue weighted by molar-refractivity contribution is 5.88. The van der Waals surface area contributed by atoms with Gasteiger partial charge in [0.1, 0.15) is 23.4 Å². The zero-order chi connectivity index (χ0) is 49.3. The number of ether oxygens (including phenoxy) is 9. The summed E-state index contributed by atoms with van der Waals surface area (Å²) in [7, 11) is 0. The summed E-state index contributed by atoms with van der Waals surface area (Å²) in [6.45, 7) is 11.6. The molecular weight excluding hydrogens is 877 g/mol. The summed E-state index contributed by atoms with van der Waals surface area (Å²) in [6, 6.07) is 23.1. The number of carbonyl (C=O) groups excluding carboxylic acids is 3. The lowest BCUT2D eigenvalue weighted by molar-refractivity contribution is -0.138. The van der Waals surface area contributed by atoms with E-state index in [1.807, 2.05) is 72.8 Å². The van der Waals surface area contributed by atoms with Gasteiger partial charge in [0.15, 0.2) is 0 Å². The fourth-order valence-electron chi connectivity index (χ4n) is 6.89. The van der Waals surface area contributed by atoms with Crippen molar-refractivity contribution < 1.29 is 57.0 Å². The number of hydrogen-bond acceptors (Lipinski definition) is 12. The number of benzene rings is 3. The fourth-order valence-corrected chi connectivity index (χ4v) is 6.89. The molecule has 3 aromatic rings. The van der Waals surface area contributed by atoms with Crippen LogP contribution in [0.25, 0.3) is 18.2 Å². The maximum Gasteiger partial charge on any atom is 0.330 e. The summed E-state index contributed by atoms with van der Waals surface area (Å²) < 4.78 is 51.0. The van der Waals surface area contributed by atoms with Crippen LogP contribution in [0, 0.1) is 0 Å². The van der Waals surface area contributed by atoms with Crippen LogP contribution in [0.1, 0.15) is 134 Å². The van der Waals surface area contributed by atoms with Crippen molar-refractivity contribution in [3.05, 3.63) is 108 Å². The van der Waals surface area contributed by atoms with Crippen LogP contribution in [0.2, 0.25) is 0 Å². The van der Waals surface area contributed by atoms with Crippen molar-refractivity contribution in [3.63, 3.8) is 0 Å². The van der Waals surface area contributed by atoms with Crippen LogP contribution in [-0.2, 0) is 42.8 Å². The zero-order valence-electron chi connectivity index (χ0n) is 41.8. The standard InChI is InChI=1S/C57H80O12/c1-4-63-55(58)37-28-48-22-31-51(32-23-48)66-42-18-12-7-10-16-40-61-46-54(69-45-21-15-9-14-20-44-68-53-35-26-50(27-36-53)30-39-57(60)65-6-3)47-62-41-17-11-8-13-19-43-67-52-33-24-49(25-34-52)29-38-56(59)64-5-2/h22-39,54H,4-21,40-47H2,1-3H3/b37-28+,38-29+,39-30+. The highest BCUT2D eigenvalue weighted by Gasteiger charge is 2.11. The van der Waals surface area contributed by atoms with Crippen molar-refractivity contribution in [2.24, 2.45) is 0 Å². The molecule has 0 aliphatic carbocycles. The number of rotatable bonds is 41. The molecule has 0 saturated heterocycles. The van der Waals surface area contributed by atoms with Gasteiger partial charge in [-0.1, -0.05) is 94.2 Å². The van der Waals surface area contributed by atoms with Gasteiger partial charge in [-0.2, -0.15) is 0 Å². The zero-order valence-corrected chi connectivity index (χ0v) is 41.8. The molecule has 3 aromatic carbocycles. The van der Waals surface area contributed by atoms with Crippen molar-refractivity contribution in [3.8, 4) is 17.2 Å². The van der Waals surface area contributed by atoms with Crippen molar-refractivity contribution in [1.82, 2.24) is 0 Å². The Labute approximate surface area is 412 Å². The van der Waals surface area contributed by atoms with Gasteiger partial charge in [-0.3, -0.25) is 0 Å². The van der Waals surface area contributed by atoms with Gasteiger partial charge in [0.2, 0.25) is 0 Å². The summed E-state index contributed by atoms with van der Waals surface area (Å²) in [6.07, 6.45) is 25.4. The van der Waals surface area contributed by atoms with Crippen LogP contribution in [0.3, 0.4) is 0 Å². The maximum atomic E-state index is 11.5. The van der Waals surface area contributed by atoms with Crippen molar-refractivity contribution in [2.45, 2.75) is 123 Å². The molecule has 0 spiro atoms. The van der Waals surface area contributed by atoms with Crippen molar-refractivity contribution in [2.75, 3.05) is 72.7 Å². The van der Waals surface area contributed by atoms with E-state index in [0.29, 0.717) is 72.7 Å². The Morgan fingerprint density at radius 1 is 0.377 bits per heavy atom. The minimum absolute atomic E-state index is 0.0925. The topological polar surface area (TPSA) is 134 Å². The Morgan fingerprint density at radius 3 is 0.957 bits per heavy atom. The summed E-state index contributed by atoms with van der Waals surface area (Å²) in [5.41, 5.74) is 2.76. The molecule has 0 radical (unpaired) electrons. The predicted molar refractivity (Wildman–Crippen MR) is 273 cm³/mol. The molecule has 12 nitrogen and oxygen atoms in total. The van der Waals surface area contributed by atoms with Crippen LogP contribution in [-0.4, -0.2) is 96.7 Å². The highest BCUT2D eigenvalue weighted by atomic mass is 16.6. The molecule has 12 heteroatoms. The Kier molecular flexibility index (Phi) is 33.1. The summed E-state index contributed by atoms with van der Waals surface area (Å²) >= 11 is 0. The van der Waals surface area contributed by atoms with Gasteiger partial charge in [-0.05, 0) is 131 Å². The molecule has 0 aromatic heterocycles. The van der Waals surface area contributed by atoms with Crippen molar-refractivity contribution in [1.29, 1.82) is 0 Å². The fraction of sp³-hybridized carbons (Fsp3) is 0.526. The van der Waals surface area contributed by atoms with E-state index >= 15 is 0 Å². The minimum Gasteiger partial charge on any atom is -0.494 e. The van der Waals surface area contributed by atoms with E-state index < -0.39 is 0 Å². The van der Waals surface area contributed by atoms with E-state index in [0.717, 1.165) is 130 Å². The largest absolute Gasteiger partial charge is 0.494 e. The molecular formula is C57H80O12. The van der Waals surface area contributed by atoms with E-state index in [-0.39, 0.29) is 24.0 Å². The van der Waals surface area contributed by atoms with E-state index in [2.05, 4.69) is 0 Å². The Balaban J connectivity index is 1.25. The molecule has 0 N–H and O–H groups in total. The molecule has 0 saturated carbocycles. The Bertz CT molecular complexity index is 1760. The average molecular weight is 957 g/mol. The van der Waals surface area contributed by atoms with E-state index in [1.165, 1.54) is 18.2 Å². The monoisotopic (exact) mass is 957 g/mol. The average Bonchev–Trinajstić information content (AvgIpc) is 3.36. The molecule has 0 fully saturated rings. The van der Waals surface area contributed by atoms with Crippen LogP contribution in [0.4, 0.5) is 0 Å². The van der Waals surface area contributed by atoms with Gasteiger partial charge < -0.3 is 42.6 Å². The molecule has 380 valence electrons. The number of esters is 3. The quantitative estimate of drug-likeness (QED) is 0.0232. The lowest BCUT2D eigenvalue weighted by atomic mass is 10.1. The van der Waals surface area contributed by atoms with E-state index in [1.54, 1.807) is 39.0 Å². The minimum atomic E-state index is -0.345. The third-order valence-corrected chi connectivity index (χ3v) is 10.7. The first-order chi connectivity index (χ1) is 33.9. The third kappa shape index (κ3) is 30.6. The van der Waals surface area contributed by atoms with Crippen LogP contribution < -0.4 is 14.2 Å². The van der Waals surface area contributed by atoms with Gasteiger partial charge in [0.25, 0.3) is 0 Å². The summed E-state index contributed by atoms with van der Waals surface area (Å²) in [4.78, 5) is 34.6. The first kappa shape index (κ1) is 57.9. The van der Waals surface area contributed by atoms with Gasteiger partial charge in [-0.25, -0.2) is 14.4 Å². The predicted octanol–water partition coefficient (Wildman–Crippen LogP) is 12.2. The maximum absolute atomic E-state index is 11.5. The van der Waals surface area contributed by atoms with E-state index in [9.17, 15) is 14.4 Å². The molecule has 0 atom stereocenters. The second-order valence-corrected chi connectivity index (χ2v) is 16.5. The first-order valence-corrected chi connectivity index (χ1v) is 25.4. The van der Waals surface area contributed by atoms with Crippen LogP contribution >= 0.6 is 0 Å². The molecule has 0 aliphatic rings. The molecule has 0 amide bonds. The summed E-state index contributed by atoms with van der Waals surface area (Å²) in [5.74, 6) is 1.43.